The molecular formula is C23H27ClFN5O2. The zero-order valence-corrected chi connectivity index (χ0v) is 18.9. The number of methoxy groups -OCH3 is 1. The molecule has 7 nitrogen and oxygen atoms in total. The molecule has 0 radical (unpaired) electrons. The normalized spacial score (nSPS) is 15.8. The van der Waals surface area contributed by atoms with Crippen LogP contribution in [-0.2, 0) is 11.3 Å². The van der Waals surface area contributed by atoms with Crippen LogP contribution < -0.4 is 15.8 Å². The van der Waals surface area contributed by atoms with E-state index in [2.05, 4.69) is 20.2 Å². The van der Waals surface area contributed by atoms with Gasteiger partial charge in [0, 0.05) is 23.6 Å². The van der Waals surface area contributed by atoms with Crippen LogP contribution in [0.2, 0.25) is 5.02 Å². The molecule has 0 bridgehead atoms. The molecule has 0 unspecified atom stereocenters. The number of hydrogen-bond donors (Lipinski definition) is 2. The van der Waals surface area contributed by atoms with Crippen LogP contribution in [0.3, 0.4) is 0 Å². The van der Waals surface area contributed by atoms with Crippen molar-refractivity contribution in [1.82, 2.24) is 14.9 Å². The molecule has 1 aliphatic rings. The lowest BCUT2D eigenvalue weighted by Gasteiger charge is -2.22. The summed E-state index contributed by atoms with van der Waals surface area (Å²) in [5.74, 6) is 0.613. The van der Waals surface area contributed by atoms with Crippen LogP contribution in [0.25, 0.3) is 10.9 Å². The Bertz CT molecular complexity index is 1080. The van der Waals surface area contributed by atoms with E-state index in [-0.39, 0.29) is 16.8 Å². The fraction of sp³-hybridized carbons (Fsp3) is 0.348. The summed E-state index contributed by atoms with van der Waals surface area (Å²) in [6.45, 7) is 4.08. The van der Waals surface area contributed by atoms with Crippen molar-refractivity contribution in [3.63, 3.8) is 0 Å². The Hall–Kier alpha value is -2.81. The predicted octanol–water partition coefficient (Wildman–Crippen LogP) is 4.30. The number of carbonyl (C=O) groups excluding carboxylic acids is 1. The molecule has 0 aliphatic carbocycles. The average molecular weight is 460 g/mol. The van der Waals surface area contributed by atoms with Crippen molar-refractivity contribution >= 4 is 40.3 Å². The van der Waals surface area contributed by atoms with E-state index < -0.39 is 5.82 Å². The molecule has 2 aromatic carbocycles. The molecule has 2 heterocycles. The first-order chi connectivity index (χ1) is 15.5. The quantitative estimate of drug-likeness (QED) is 0.530. The van der Waals surface area contributed by atoms with Crippen molar-refractivity contribution in [2.24, 2.45) is 5.73 Å². The first kappa shape index (κ1) is 23.8. The van der Waals surface area contributed by atoms with Crippen molar-refractivity contribution in [3.05, 3.63) is 53.1 Å². The monoisotopic (exact) mass is 459 g/mol. The Morgan fingerprint density at radius 3 is 2.88 bits per heavy atom. The van der Waals surface area contributed by atoms with E-state index >= 15 is 0 Å². The van der Waals surface area contributed by atoms with E-state index in [1.54, 1.807) is 19.2 Å². The Balaban J connectivity index is 0.000000913. The highest BCUT2D eigenvalue weighted by Gasteiger charge is 2.25. The molecular weight excluding hydrogens is 433 g/mol. The highest BCUT2D eigenvalue weighted by atomic mass is 35.5. The number of anilines is 2. The molecule has 1 saturated heterocycles. The van der Waals surface area contributed by atoms with Crippen LogP contribution in [0.4, 0.5) is 15.9 Å². The van der Waals surface area contributed by atoms with Crippen molar-refractivity contribution < 1.29 is 13.9 Å². The van der Waals surface area contributed by atoms with Gasteiger partial charge in [0.1, 0.15) is 24.2 Å². The maximum Gasteiger partial charge on any atom is 0.165 e. The smallest absolute Gasteiger partial charge is 0.165 e. The van der Waals surface area contributed by atoms with Crippen molar-refractivity contribution in [1.29, 1.82) is 0 Å². The standard InChI is InChI=1S/C21H20ClFN4O2.C2H7N/c1-29-19-9-18-15(8-13(19)10-27-7-3-4-14(27)11-28)21(25-12-24-18)26-17-6-2-5-16(22)20(17)23;1-2-3/h2,5-6,8-9,11-12,14H,3-4,7,10H2,1H3,(H,24,25,26);2-3H2,1H3/t14-;/m1./s1. The van der Waals surface area contributed by atoms with Gasteiger partial charge in [-0.1, -0.05) is 24.6 Å². The molecule has 0 saturated carbocycles. The Morgan fingerprint density at radius 2 is 2.16 bits per heavy atom. The predicted molar refractivity (Wildman–Crippen MR) is 125 cm³/mol. The van der Waals surface area contributed by atoms with E-state index in [0.717, 1.165) is 43.2 Å². The molecule has 3 aromatic rings. The van der Waals surface area contributed by atoms with Crippen LogP contribution in [0.5, 0.6) is 5.75 Å². The third-order valence-electron chi connectivity index (χ3n) is 5.19. The minimum atomic E-state index is -0.541. The number of benzene rings is 2. The number of aromatic nitrogens is 2. The Kier molecular flexibility index (Phi) is 8.33. The average Bonchev–Trinajstić information content (AvgIpc) is 3.24. The first-order valence-corrected chi connectivity index (χ1v) is 10.8. The molecule has 0 amide bonds. The molecule has 32 heavy (non-hydrogen) atoms. The molecule has 3 N–H and O–H groups in total. The first-order valence-electron chi connectivity index (χ1n) is 10.4. The van der Waals surface area contributed by atoms with Crippen molar-refractivity contribution in [2.75, 3.05) is 25.5 Å². The molecule has 170 valence electrons. The summed E-state index contributed by atoms with van der Waals surface area (Å²) in [6, 6.07) is 8.43. The summed E-state index contributed by atoms with van der Waals surface area (Å²) in [5.41, 5.74) is 6.66. The minimum Gasteiger partial charge on any atom is -0.496 e. The van der Waals surface area contributed by atoms with Gasteiger partial charge in [0.05, 0.1) is 29.4 Å². The van der Waals surface area contributed by atoms with Gasteiger partial charge in [0.15, 0.2) is 5.82 Å². The van der Waals surface area contributed by atoms with E-state index in [9.17, 15) is 9.18 Å². The van der Waals surface area contributed by atoms with Crippen LogP contribution in [-0.4, -0.2) is 47.4 Å². The lowest BCUT2D eigenvalue weighted by molar-refractivity contribution is -0.111. The molecule has 4 rings (SSSR count). The van der Waals surface area contributed by atoms with Gasteiger partial charge in [0.25, 0.3) is 0 Å². The van der Waals surface area contributed by atoms with Gasteiger partial charge in [-0.25, -0.2) is 14.4 Å². The molecule has 1 aromatic heterocycles. The highest BCUT2D eigenvalue weighted by Crippen LogP contribution is 2.33. The van der Waals surface area contributed by atoms with Crippen molar-refractivity contribution in [3.8, 4) is 5.75 Å². The summed E-state index contributed by atoms with van der Waals surface area (Å²) in [5, 5.41) is 3.77. The lowest BCUT2D eigenvalue weighted by Crippen LogP contribution is -2.30. The Labute approximate surface area is 191 Å². The summed E-state index contributed by atoms with van der Waals surface area (Å²) < 4.78 is 19.9. The van der Waals surface area contributed by atoms with Crippen LogP contribution in [0.15, 0.2) is 36.7 Å². The van der Waals surface area contributed by atoms with Crippen LogP contribution in [0, 0.1) is 5.82 Å². The number of rotatable bonds is 6. The number of halogens is 2. The fourth-order valence-electron chi connectivity index (χ4n) is 3.69. The molecule has 1 aliphatic heterocycles. The van der Waals surface area contributed by atoms with Gasteiger partial charge >= 0.3 is 0 Å². The number of nitrogens with one attached hydrogen (secondary N) is 1. The highest BCUT2D eigenvalue weighted by molar-refractivity contribution is 6.31. The van der Waals surface area contributed by atoms with Crippen molar-refractivity contribution in [2.45, 2.75) is 32.4 Å². The van der Waals surface area contributed by atoms with Gasteiger partial charge in [-0.3, -0.25) is 4.90 Å². The second kappa shape index (κ2) is 11.2. The van der Waals surface area contributed by atoms with E-state index in [1.807, 2.05) is 19.1 Å². The third-order valence-corrected chi connectivity index (χ3v) is 5.48. The van der Waals surface area contributed by atoms with E-state index in [1.165, 1.54) is 12.4 Å². The topological polar surface area (TPSA) is 93.4 Å². The number of hydrogen-bond acceptors (Lipinski definition) is 7. The molecule has 1 atom stereocenters. The van der Waals surface area contributed by atoms with Gasteiger partial charge in [-0.15, -0.1) is 0 Å². The number of nitrogens with two attached hydrogens (primary N) is 1. The largest absolute Gasteiger partial charge is 0.496 e. The second-order valence-electron chi connectivity index (χ2n) is 7.35. The summed E-state index contributed by atoms with van der Waals surface area (Å²) in [6.07, 6.45) is 4.26. The summed E-state index contributed by atoms with van der Waals surface area (Å²) >= 11 is 5.89. The Morgan fingerprint density at radius 1 is 1.38 bits per heavy atom. The van der Waals surface area contributed by atoms with Gasteiger partial charge in [-0.05, 0) is 44.1 Å². The number of carbonyl (C=O) groups is 1. The maximum absolute atomic E-state index is 14.3. The van der Waals surface area contributed by atoms with Crippen LogP contribution in [0.1, 0.15) is 25.3 Å². The SMILES string of the molecule is CCN.COc1cc2ncnc(Nc3cccc(Cl)c3F)c2cc1CN1CCC[C@@H]1C=O. The fourth-order valence-corrected chi connectivity index (χ4v) is 3.87. The third kappa shape index (κ3) is 5.32. The summed E-state index contributed by atoms with van der Waals surface area (Å²) in [7, 11) is 1.60. The summed E-state index contributed by atoms with van der Waals surface area (Å²) in [4.78, 5) is 22.1. The van der Waals surface area contributed by atoms with E-state index in [0.29, 0.717) is 23.6 Å². The maximum atomic E-state index is 14.3. The number of nitrogens with zero attached hydrogens (tertiary/aromatic N) is 3. The van der Waals surface area contributed by atoms with Gasteiger partial charge < -0.3 is 20.6 Å². The second-order valence-corrected chi connectivity index (χ2v) is 7.76. The number of likely N-dealkylation sites (tertiary alicyclic amines) is 1. The molecule has 1 fully saturated rings. The number of ether oxygens (including phenoxy) is 1. The molecule has 9 heteroatoms. The van der Waals surface area contributed by atoms with E-state index in [4.69, 9.17) is 22.1 Å². The number of aldehydes is 1. The molecule has 0 spiro atoms. The lowest BCUT2D eigenvalue weighted by atomic mass is 10.1. The minimum absolute atomic E-state index is 0.0321. The van der Waals surface area contributed by atoms with Crippen LogP contribution >= 0.6 is 11.6 Å². The van der Waals surface area contributed by atoms with Gasteiger partial charge in [-0.2, -0.15) is 0 Å². The van der Waals surface area contributed by atoms with Gasteiger partial charge in [0.2, 0.25) is 0 Å². The zero-order valence-electron chi connectivity index (χ0n) is 18.1. The zero-order chi connectivity index (χ0) is 23.1. The number of fused-ring (bicyclic) bond motifs is 1.